The standard InChI is InChI=1S/C18H20O6/c1-20-13-6-11(7-14(10-13)21-2)17(19)12-8-15(22-3)18(24-5)16(9-12)23-4/h6-10H,1-5H3. The van der Waals surface area contributed by atoms with Crippen LogP contribution in [0, 0.1) is 0 Å². The molecule has 6 heteroatoms. The minimum absolute atomic E-state index is 0.216. The Morgan fingerprint density at radius 3 is 1.46 bits per heavy atom. The summed E-state index contributed by atoms with van der Waals surface area (Å²) in [5.41, 5.74) is 0.834. The SMILES string of the molecule is COc1cc(OC)cc(C(=O)c2cc(OC)c(OC)c(OC)c2)c1. The Balaban J connectivity index is 2.53. The first kappa shape index (κ1) is 17.5. The van der Waals surface area contributed by atoms with Gasteiger partial charge in [0.2, 0.25) is 5.75 Å². The molecular formula is C18H20O6. The second kappa shape index (κ2) is 7.59. The quantitative estimate of drug-likeness (QED) is 0.727. The Morgan fingerprint density at radius 2 is 1.08 bits per heavy atom. The molecule has 0 unspecified atom stereocenters. The molecule has 0 saturated heterocycles. The fraction of sp³-hybridized carbons (Fsp3) is 0.278. The van der Waals surface area contributed by atoms with Gasteiger partial charge in [0.05, 0.1) is 35.5 Å². The van der Waals surface area contributed by atoms with Crippen LogP contribution >= 0.6 is 0 Å². The van der Waals surface area contributed by atoms with Gasteiger partial charge >= 0.3 is 0 Å². The Bertz CT molecular complexity index is 691. The first-order valence-electron chi connectivity index (χ1n) is 7.15. The van der Waals surface area contributed by atoms with Gasteiger partial charge in [0.25, 0.3) is 0 Å². The van der Waals surface area contributed by atoms with Crippen molar-refractivity contribution in [3.05, 3.63) is 41.5 Å². The van der Waals surface area contributed by atoms with E-state index in [1.165, 1.54) is 35.5 Å². The van der Waals surface area contributed by atoms with Gasteiger partial charge in [-0.3, -0.25) is 4.79 Å². The average molecular weight is 332 g/mol. The van der Waals surface area contributed by atoms with Crippen molar-refractivity contribution in [2.75, 3.05) is 35.5 Å². The van der Waals surface area contributed by atoms with Crippen molar-refractivity contribution >= 4 is 5.78 Å². The van der Waals surface area contributed by atoms with Crippen LogP contribution in [0.4, 0.5) is 0 Å². The maximum Gasteiger partial charge on any atom is 0.203 e. The van der Waals surface area contributed by atoms with E-state index >= 15 is 0 Å². The van der Waals surface area contributed by atoms with E-state index in [1.807, 2.05) is 0 Å². The molecule has 2 aromatic rings. The van der Waals surface area contributed by atoms with Crippen LogP contribution in [0.25, 0.3) is 0 Å². The highest BCUT2D eigenvalue weighted by molar-refractivity contribution is 6.10. The Hall–Kier alpha value is -2.89. The fourth-order valence-electron chi connectivity index (χ4n) is 2.32. The molecule has 0 saturated carbocycles. The number of hydrogen-bond acceptors (Lipinski definition) is 6. The molecule has 2 rings (SSSR count). The van der Waals surface area contributed by atoms with Crippen molar-refractivity contribution in [2.45, 2.75) is 0 Å². The topological polar surface area (TPSA) is 63.2 Å². The van der Waals surface area contributed by atoms with Gasteiger partial charge in [-0.15, -0.1) is 0 Å². The normalized spacial score (nSPS) is 10.0. The van der Waals surface area contributed by atoms with Gasteiger partial charge in [-0.2, -0.15) is 0 Å². The number of methoxy groups -OCH3 is 5. The first-order valence-corrected chi connectivity index (χ1v) is 7.15. The molecule has 0 spiro atoms. The molecule has 2 aromatic carbocycles. The zero-order valence-corrected chi connectivity index (χ0v) is 14.3. The van der Waals surface area contributed by atoms with Crippen LogP contribution in [0.2, 0.25) is 0 Å². The van der Waals surface area contributed by atoms with Crippen molar-refractivity contribution in [3.8, 4) is 28.7 Å². The summed E-state index contributed by atoms with van der Waals surface area (Å²) >= 11 is 0. The number of rotatable bonds is 7. The molecule has 0 bridgehead atoms. The molecule has 0 N–H and O–H groups in total. The lowest BCUT2D eigenvalue weighted by Gasteiger charge is -2.14. The van der Waals surface area contributed by atoms with Crippen LogP contribution in [0.3, 0.4) is 0 Å². The van der Waals surface area contributed by atoms with Crippen molar-refractivity contribution in [1.82, 2.24) is 0 Å². The lowest BCUT2D eigenvalue weighted by atomic mass is 10.0. The zero-order valence-electron chi connectivity index (χ0n) is 14.3. The largest absolute Gasteiger partial charge is 0.497 e. The van der Waals surface area contributed by atoms with E-state index in [2.05, 4.69) is 0 Å². The second-order valence-corrected chi connectivity index (χ2v) is 4.84. The summed E-state index contributed by atoms with van der Waals surface area (Å²) in [6.45, 7) is 0. The molecular weight excluding hydrogens is 312 g/mol. The van der Waals surface area contributed by atoms with Crippen molar-refractivity contribution in [3.63, 3.8) is 0 Å². The van der Waals surface area contributed by atoms with Gasteiger partial charge in [-0.05, 0) is 24.3 Å². The van der Waals surface area contributed by atoms with Gasteiger partial charge in [0.1, 0.15) is 11.5 Å². The van der Waals surface area contributed by atoms with Gasteiger partial charge in [0.15, 0.2) is 17.3 Å². The molecule has 0 amide bonds. The minimum Gasteiger partial charge on any atom is -0.497 e. The average Bonchev–Trinajstić information content (AvgIpc) is 2.65. The van der Waals surface area contributed by atoms with E-state index in [4.69, 9.17) is 23.7 Å². The van der Waals surface area contributed by atoms with Gasteiger partial charge in [-0.25, -0.2) is 0 Å². The van der Waals surface area contributed by atoms with E-state index in [0.717, 1.165) is 0 Å². The Kier molecular flexibility index (Phi) is 5.52. The minimum atomic E-state index is -0.216. The third-order valence-electron chi connectivity index (χ3n) is 3.54. The van der Waals surface area contributed by atoms with Crippen LogP contribution in [0.5, 0.6) is 28.7 Å². The third kappa shape index (κ3) is 3.37. The molecule has 0 aliphatic heterocycles. The molecule has 128 valence electrons. The summed E-state index contributed by atoms with van der Waals surface area (Å²) < 4.78 is 26.3. The predicted octanol–water partition coefficient (Wildman–Crippen LogP) is 2.96. The maximum atomic E-state index is 12.9. The maximum absolute atomic E-state index is 12.9. The Morgan fingerprint density at radius 1 is 0.625 bits per heavy atom. The van der Waals surface area contributed by atoms with Crippen molar-refractivity contribution < 1.29 is 28.5 Å². The summed E-state index contributed by atoms with van der Waals surface area (Å²) in [4.78, 5) is 12.9. The highest BCUT2D eigenvalue weighted by Gasteiger charge is 2.19. The molecule has 0 fully saturated rings. The molecule has 0 atom stereocenters. The molecule has 0 aliphatic carbocycles. The molecule has 24 heavy (non-hydrogen) atoms. The highest BCUT2D eigenvalue weighted by atomic mass is 16.5. The number of hydrogen-bond donors (Lipinski definition) is 0. The monoisotopic (exact) mass is 332 g/mol. The summed E-state index contributed by atoms with van der Waals surface area (Å²) in [6, 6.07) is 8.21. The van der Waals surface area contributed by atoms with Crippen LogP contribution in [-0.2, 0) is 0 Å². The Labute approximate surface area is 140 Å². The van der Waals surface area contributed by atoms with Crippen molar-refractivity contribution in [1.29, 1.82) is 0 Å². The summed E-state index contributed by atoms with van der Waals surface area (Å²) in [7, 11) is 7.57. The van der Waals surface area contributed by atoms with Gasteiger partial charge in [-0.1, -0.05) is 0 Å². The smallest absolute Gasteiger partial charge is 0.203 e. The van der Waals surface area contributed by atoms with Crippen LogP contribution < -0.4 is 23.7 Å². The highest BCUT2D eigenvalue weighted by Crippen LogP contribution is 2.39. The van der Waals surface area contributed by atoms with Crippen LogP contribution in [0.15, 0.2) is 30.3 Å². The zero-order chi connectivity index (χ0) is 17.7. The number of benzene rings is 2. The second-order valence-electron chi connectivity index (χ2n) is 4.84. The fourth-order valence-corrected chi connectivity index (χ4v) is 2.32. The van der Waals surface area contributed by atoms with E-state index in [9.17, 15) is 4.79 Å². The lowest BCUT2D eigenvalue weighted by molar-refractivity contribution is 0.103. The van der Waals surface area contributed by atoms with Gasteiger partial charge in [0, 0.05) is 17.2 Å². The van der Waals surface area contributed by atoms with E-state index in [1.54, 1.807) is 30.3 Å². The lowest BCUT2D eigenvalue weighted by Crippen LogP contribution is -2.05. The number of carbonyl (C=O) groups is 1. The summed E-state index contributed by atoms with van der Waals surface area (Å²) in [5.74, 6) is 2.10. The third-order valence-corrected chi connectivity index (χ3v) is 3.54. The van der Waals surface area contributed by atoms with E-state index < -0.39 is 0 Å². The summed E-state index contributed by atoms with van der Waals surface area (Å²) in [5, 5.41) is 0. The number of ether oxygens (including phenoxy) is 5. The molecule has 0 heterocycles. The number of ketones is 1. The van der Waals surface area contributed by atoms with E-state index in [0.29, 0.717) is 39.9 Å². The number of carbonyl (C=O) groups excluding carboxylic acids is 1. The molecule has 0 radical (unpaired) electrons. The van der Waals surface area contributed by atoms with E-state index in [-0.39, 0.29) is 5.78 Å². The predicted molar refractivity (Wildman–Crippen MR) is 89.1 cm³/mol. The van der Waals surface area contributed by atoms with Crippen LogP contribution in [0.1, 0.15) is 15.9 Å². The first-order chi connectivity index (χ1) is 11.6. The van der Waals surface area contributed by atoms with Crippen molar-refractivity contribution in [2.24, 2.45) is 0 Å². The van der Waals surface area contributed by atoms with Crippen LogP contribution in [-0.4, -0.2) is 41.3 Å². The molecule has 0 aromatic heterocycles. The molecule has 0 aliphatic rings. The summed E-state index contributed by atoms with van der Waals surface area (Å²) in [6.07, 6.45) is 0. The molecule has 6 nitrogen and oxygen atoms in total. The van der Waals surface area contributed by atoms with Gasteiger partial charge < -0.3 is 23.7 Å².